The maximum absolute atomic E-state index is 13.4. The fourth-order valence-electron chi connectivity index (χ4n) is 4.11. The standard InChI is InChI=1S/C23H30N2O7/c1-16(7-4-6-13-26)23(30)18-15-17(24-12-14-32-22(24)29)9-10-19(18)25(21(23)28)11-5-3-8-20(27)31-2/h4,7,9-10,15-16,26,30H,3,5-6,8,11-14H2,1-2H3/b7-4+/t16-,23+/m0/s1. The normalized spacial score (nSPS) is 21.2. The quantitative estimate of drug-likeness (QED) is 0.321. The van der Waals surface area contributed by atoms with Gasteiger partial charge < -0.3 is 24.6 Å². The molecule has 2 N–H and O–H groups in total. The van der Waals surface area contributed by atoms with Crippen LogP contribution >= 0.6 is 0 Å². The Kier molecular flexibility index (Phi) is 7.52. The number of fused-ring (bicyclic) bond motifs is 1. The van der Waals surface area contributed by atoms with Gasteiger partial charge in [0.1, 0.15) is 6.61 Å². The number of esters is 1. The molecule has 0 aliphatic carbocycles. The van der Waals surface area contributed by atoms with Crippen molar-refractivity contribution in [2.45, 2.75) is 38.2 Å². The van der Waals surface area contributed by atoms with E-state index in [9.17, 15) is 19.5 Å². The number of aliphatic hydroxyl groups is 2. The van der Waals surface area contributed by atoms with Gasteiger partial charge in [0.2, 0.25) is 0 Å². The number of hydrogen-bond donors (Lipinski definition) is 2. The molecule has 9 heteroatoms. The molecule has 2 atom stereocenters. The van der Waals surface area contributed by atoms with E-state index in [1.165, 1.54) is 16.9 Å². The van der Waals surface area contributed by atoms with Crippen molar-refractivity contribution in [2.75, 3.05) is 43.2 Å². The van der Waals surface area contributed by atoms with Crippen molar-refractivity contribution in [1.29, 1.82) is 0 Å². The molecule has 0 radical (unpaired) electrons. The van der Waals surface area contributed by atoms with Crippen LogP contribution in [-0.2, 0) is 24.7 Å². The zero-order valence-corrected chi connectivity index (χ0v) is 18.5. The van der Waals surface area contributed by atoms with Crippen LogP contribution in [0.5, 0.6) is 0 Å². The zero-order valence-electron chi connectivity index (χ0n) is 18.5. The smallest absolute Gasteiger partial charge is 0.414 e. The summed E-state index contributed by atoms with van der Waals surface area (Å²) in [6.07, 6.45) is 4.77. The van der Waals surface area contributed by atoms with Crippen LogP contribution in [0.25, 0.3) is 0 Å². The Labute approximate surface area is 187 Å². The molecule has 0 aromatic heterocycles. The van der Waals surface area contributed by atoms with E-state index in [2.05, 4.69) is 4.74 Å². The Balaban J connectivity index is 1.91. The van der Waals surface area contributed by atoms with Gasteiger partial charge >= 0.3 is 12.1 Å². The average Bonchev–Trinajstić information content (AvgIpc) is 3.31. The first-order valence-electron chi connectivity index (χ1n) is 10.8. The van der Waals surface area contributed by atoms with E-state index in [-0.39, 0.29) is 25.6 Å². The highest BCUT2D eigenvalue weighted by Gasteiger charge is 2.52. The second kappa shape index (κ2) is 10.1. The highest BCUT2D eigenvalue weighted by Crippen LogP contribution is 2.47. The second-order valence-electron chi connectivity index (χ2n) is 7.95. The van der Waals surface area contributed by atoms with E-state index in [0.717, 1.165) is 0 Å². The molecule has 0 bridgehead atoms. The molecule has 174 valence electrons. The number of unbranched alkanes of at least 4 members (excludes halogenated alkanes) is 1. The first-order valence-corrected chi connectivity index (χ1v) is 10.8. The third-order valence-corrected chi connectivity index (χ3v) is 5.95. The number of amides is 2. The Morgan fingerprint density at radius 3 is 2.78 bits per heavy atom. The zero-order chi connectivity index (χ0) is 23.3. The molecule has 1 aromatic rings. The summed E-state index contributed by atoms with van der Waals surface area (Å²) in [6.45, 7) is 2.73. The van der Waals surface area contributed by atoms with Crippen LogP contribution in [-0.4, -0.2) is 61.6 Å². The molecular formula is C23H30N2O7. The lowest BCUT2D eigenvalue weighted by atomic mass is 9.82. The molecule has 0 saturated carbocycles. The van der Waals surface area contributed by atoms with Crippen molar-refractivity contribution in [1.82, 2.24) is 0 Å². The Bertz CT molecular complexity index is 900. The number of rotatable bonds is 10. The number of aliphatic hydroxyl groups excluding tert-OH is 1. The van der Waals surface area contributed by atoms with Gasteiger partial charge in [-0.25, -0.2) is 4.79 Å². The van der Waals surface area contributed by atoms with Crippen molar-refractivity contribution in [3.63, 3.8) is 0 Å². The van der Waals surface area contributed by atoms with Crippen molar-refractivity contribution in [3.05, 3.63) is 35.9 Å². The molecule has 2 aliphatic rings. The minimum Gasteiger partial charge on any atom is -0.469 e. The third-order valence-electron chi connectivity index (χ3n) is 5.95. The number of anilines is 2. The van der Waals surface area contributed by atoms with Gasteiger partial charge in [0.05, 0.1) is 19.3 Å². The summed E-state index contributed by atoms with van der Waals surface area (Å²) in [4.78, 5) is 39.8. The number of ether oxygens (including phenoxy) is 2. The van der Waals surface area contributed by atoms with E-state index in [1.54, 1.807) is 37.3 Å². The number of carbonyl (C=O) groups excluding carboxylic acids is 3. The molecule has 0 unspecified atom stereocenters. The predicted octanol–water partition coefficient (Wildman–Crippen LogP) is 2.10. The van der Waals surface area contributed by atoms with Gasteiger partial charge in [0, 0.05) is 36.7 Å². The molecule has 9 nitrogen and oxygen atoms in total. The Morgan fingerprint density at radius 2 is 2.12 bits per heavy atom. The van der Waals surface area contributed by atoms with Crippen molar-refractivity contribution < 1.29 is 34.1 Å². The van der Waals surface area contributed by atoms with Crippen molar-refractivity contribution in [2.24, 2.45) is 5.92 Å². The number of nitrogens with zero attached hydrogens (tertiary/aromatic N) is 2. The SMILES string of the molecule is COC(=O)CCCCN1C(=O)[C@@](O)([C@@H](C)/C=C/CCO)c2cc(N3CCOC3=O)ccc21. The lowest BCUT2D eigenvalue weighted by Crippen LogP contribution is -2.44. The van der Waals surface area contributed by atoms with Gasteiger partial charge in [-0.2, -0.15) is 0 Å². The molecule has 2 amide bonds. The van der Waals surface area contributed by atoms with E-state index in [1.807, 2.05) is 0 Å². The van der Waals surface area contributed by atoms with Crippen LogP contribution in [0.2, 0.25) is 0 Å². The third kappa shape index (κ3) is 4.49. The lowest BCUT2D eigenvalue weighted by Gasteiger charge is -2.28. The number of hydrogen-bond acceptors (Lipinski definition) is 7. The summed E-state index contributed by atoms with van der Waals surface area (Å²) in [5.41, 5.74) is -0.261. The maximum atomic E-state index is 13.4. The van der Waals surface area contributed by atoms with Crippen LogP contribution in [0.4, 0.5) is 16.2 Å². The summed E-state index contributed by atoms with van der Waals surface area (Å²) in [6, 6.07) is 5.14. The molecule has 2 aliphatic heterocycles. The van der Waals surface area contributed by atoms with Gasteiger partial charge in [0.15, 0.2) is 5.60 Å². The molecule has 1 saturated heterocycles. The molecule has 1 fully saturated rings. The van der Waals surface area contributed by atoms with Crippen molar-refractivity contribution in [3.8, 4) is 0 Å². The van der Waals surface area contributed by atoms with Gasteiger partial charge in [0.25, 0.3) is 5.91 Å². The molecule has 3 rings (SSSR count). The Morgan fingerprint density at radius 1 is 1.34 bits per heavy atom. The number of carbonyl (C=O) groups is 3. The van der Waals surface area contributed by atoms with E-state index < -0.39 is 23.5 Å². The topological polar surface area (TPSA) is 117 Å². The van der Waals surface area contributed by atoms with E-state index in [4.69, 9.17) is 9.84 Å². The monoisotopic (exact) mass is 446 g/mol. The van der Waals surface area contributed by atoms with E-state index >= 15 is 0 Å². The van der Waals surface area contributed by atoms with Gasteiger partial charge in [-0.1, -0.05) is 19.1 Å². The van der Waals surface area contributed by atoms with Crippen LogP contribution in [0.15, 0.2) is 30.4 Å². The summed E-state index contributed by atoms with van der Waals surface area (Å²) >= 11 is 0. The highest BCUT2D eigenvalue weighted by molar-refractivity contribution is 6.08. The second-order valence-corrected chi connectivity index (χ2v) is 7.95. The average molecular weight is 447 g/mol. The lowest BCUT2D eigenvalue weighted by molar-refractivity contribution is -0.140. The van der Waals surface area contributed by atoms with Gasteiger partial charge in [-0.3, -0.25) is 14.5 Å². The van der Waals surface area contributed by atoms with Crippen LogP contribution in [0.3, 0.4) is 0 Å². The Hall–Kier alpha value is -2.91. The number of benzene rings is 1. The van der Waals surface area contributed by atoms with Crippen LogP contribution in [0, 0.1) is 5.92 Å². The summed E-state index contributed by atoms with van der Waals surface area (Å²) < 4.78 is 9.67. The molecule has 2 heterocycles. The molecule has 0 spiro atoms. The van der Waals surface area contributed by atoms with Crippen LogP contribution in [0.1, 0.15) is 38.2 Å². The maximum Gasteiger partial charge on any atom is 0.414 e. The van der Waals surface area contributed by atoms with E-state index in [0.29, 0.717) is 49.3 Å². The number of methoxy groups -OCH3 is 1. The number of cyclic esters (lactones) is 1. The van der Waals surface area contributed by atoms with Crippen LogP contribution < -0.4 is 9.80 Å². The largest absolute Gasteiger partial charge is 0.469 e. The van der Waals surface area contributed by atoms with Gasteiger partial charge in [-0.05, 0) is 37.5 Å². The predicted molar refractivity (Wildman–Crippen MR) is 117 cm³/mol. The summed E-state index contributed by atoms with van der Waals surface area (Å²) in [5, 5.41) is 20.7. The van der Waals surface area contributed by atoms with Gasteiger partial charge in [-0.15, -0.1) is 0 Å². The highest BCUT2D eigenvalue weighted by atomic mass is 16.6. The minimum absolute atomic E-state index is 0.0281. The molecule has 32 heavy (non-hydrogen) atoms. The minimum atomic E-state index is -1.82. The fourth-order valence-corrected chi connectivity index (χ4v) is 4.11. The summed E-state index contributed by atoms with van der Waals surface area (Å²) in [5.74, 6) is -1.33. The molecule has 1 aromatic carbocycles. The first kappa shape index (κ1) is 23.7. The summed E-state index contributed by atoms with van der Waals surface area (Å²) in [7, 11) is 1.34. The fraction of sp³-hybridized carbons (Fsp3) is 0.522. The first-order chi connectivity index (χ1) is 15.3. The van der Waals surface area contributed by atoms with Crippen molar-refractivity contribution >= 4 is 29.3 Å². The molecular weight excluding hydrogens is 416 g/mol.